The summed E-state index contributed by atoms with van der Waals surface area (Å²) in [5.41, 5.74) is 0. The van der Waals surface area contributed by atoms with E-state index in [1.807, 2.05) is 20.8 Å². The van der Waals surface area contributed by atoms with Crippen molar-refractivity contribution in [2.45, 2.75) is 20.8 Å². The lowest BCUT2D eigenvalue weighted by Gasteiger charge is -2.25. The summed E-state index contributed by atoms with van der Waals surface area (Å²) in [6.45, 7) is 5.72. The molecule has 7 heteroatoms. The second-order valence-corrected chi connectivity index (χ2v) is 8.68. The number of aliphatic hydroxyl groups excluding tert-OH is 3. The summed E-state index contributed by atoms with van der Waals surface area (Å²) in [7, 11) is -1.81. The van der Waals surface area contributed by atoms with Crippen LogP contribution >= 0.6 is 16.3 Å². The van der Waals surface area contributed by atoms with E-state index in [2.05, 4.69) is 0 Å². The summed E-state index contributed by atoms with van der Waals surface area (Å²) in [4.78, 5) is 0. The Hall–Kier alpha value is 0.340. The molecule has 118 valence electrons. The lowest BCUT2D eigenvalue weighted by Crippen LogP contribution is -2.19. The molecule has 0 aliphatic rings. The van der Waals surface area contributed by atoms with Gasteiger partial charge in [0.15, 0.2) is 0 Å². The minimum Gasteiger partial charge on any atom is -0.396 e. The van der Waals surface area contributed by atoms with E-state index in [0.717, 1.165) is 0 Å². The Labute approximate surface area is 118 Å². The summed E-state index contributed by atoms with van der Waals surface area (Å²) in [6, 6.07) is 0. The molecular weight excluding hydrogens is 286 g/mol. The van der Waals surface area contributed by atoms with Crippen molar-refractivity contribution in [1.82, 2.24) is 0 Å². The number of hydrogen-bond donors (Lipinski definition) is 3. The minimum absolute atomic E-state index is 0.0117. The first-order chi connectivity index (χ1) is 8.86. The zero-order valence-corrected chi connectivity index (χ0v) is 14.6. The molecular formula is C12H30O5P2. The third kappa shape index (κ3) is 10.8. The average Bonchev–Trinajstić information content (AvgIpc) is 2.39. The molecule has 0 heterocycles. The molecule has 3 N–H and O–H groups in total. The van der Waals surface area contributed by atoms with Gasteiger partial charge in [-0.05, 0) is 17.8 Å². The Morgan fingerprint density at radius 1 is 0.789 bits per heavy atom. The Morgan fingerprint density at radius 2 is 1.00 bits per heavy atom. The second kappa shape index (κ2) is 12.1. The average molecular weight is 316 g/mol. The maximum atomic E-state index is 12.8. The molecule has 0 aromatic rings. The van der Waals surface area contributed by atoms with E-state index in [0.29, 0.717) is 27.6 Å². The third-order valence-corrected chi connectivity index (χ3v) is 6.73. The molecule has 0 bridgehead atoms. The van der Waals surface area contributed by atoms with Crippen LogP contribution in [-0.4, -0.2) is 53.6 Å². The van der Waals surface area contributed by atoms with Gasteiger partial charge in [0.1, 0.15) is 0 Å². The number of hydrogen-bond acceptors (Lipinski definition) is 5. The molecule has 4 unspecified atom stereocenters. The van der Waals surface area contributed by atoms with Gasteiger partial charge < -0.3 is 24.4 Å². The van der Waals surface area contributed by atoms with Crippen molar-refractivity contribution in [2.24, 2.45) is 17.8 Å². The fraction of sp³-hybridized carbons (Fsp3) is 1.00. The smallest absolute Gasteiger partial charge is 0.0888 e. The first-order valence-corrected chi connectivity index (χ1v) is 9.39. The van der Waals surface area contributed by atoms with E-state index in [1.54, 1.807) is 0 Å². The fourth-order valence-electron chi connectivity index (χ4n) is 2.10. The van der Waals surface area contributed by atoms with Crippen LogP contribution in [0.2, 0.25) is 0 Å². The molecule has 0 aliphatic carbocycles. The standard InChI is InChI=1S/C12H27O4P.H3OP/c1-10(4-13)7-17(16,8-11(2)5-14)9-12(3)6-15;1-2/h10-15H,4-9H2,1-3H3;2H3. The van der Waals surface area contributed by atoms with Crippen LogP contribution in [0.5, 0.6) is 0 Å². The Morgan fingerprint density at radius 3 is 1.16 bits per heavy atom. The number of rotatable bonds is 9. The highest BCUT2D eigenvalue weighted by Gasteiger charge is 2.28. The minimum atomic E-state index is -2.42. The van der Waals surface area contributed by atoms with Crippen LogP contribution in [0.15, 0.2) is 0 Å². The monoisotopic (exact) mass is 316 g/mol. The highest BCUT2D eigenvalue weighted by Crippen LogP contribution is 2.50. The van der Waals surface area contributed by atoms with Gasteiger partial charge in [-0.1, -0.05) is 20.8 Å². The summed E-state index contributed by atoms with van der Waals surface area (Å²) >= 11 is 0. The van der Waals surface area contributed by atoms with Gasteiger partial charge in [-0.15, -0.1) is 0 Å². The van der Waals surface area contributed by atoms with Gasteiger partial charge in [0, 0.05) is 38.3 Å². The van der Waals surface area contributed by atoms with Crippen LogP contribution < -0.4 is 0 Å². The molecule has 4 atom stereocenters. The molecule has 5 nitrogen and oxygen atoms in total. The molecule has 0 aromatic heterocycles. The Balaban J connectivity index is 0. The first-order valence-electron chi connectivity index (χ1n) is 6.55. The van der Waals surface area contributed by atoms with Gasteiger partial charge in [-0.3, -0.25) is 0 Å². The summed E-state index contributed by atoms with van der Waals surface area (Å²) < 4.78 is 21.1. The second-order valence-electron chi connectivity index (χ2n) is 5.47. The van der Waals surface area contributed by atoms with Gasteiger partial charge in [0.05, 0.1) is 16.3 Å². The molecule has 0 fully saturated rings. The molecule has 0 spiro atoms. The van der Waals surface area contributed by atoms with Gasteiger partial charge >= 0.3 is 0 Å². The SMILES string of the molecule is CC(CO)CP(=O)(CC(C)CO)CC(C)CO.O=[PH3]. The van der Waals surface area contributed by atoms with E-state index >= 15 is 0 Å². The molecule has 19 heavy (non-hydrogen) atoms. The fourth-order valence-corrected chi connectivity index (χ4v) is 6.30. The van der Waals surface area contributed by atoms with Crippen LogP contribution in [0.3, 0.4) is 0 Å². The van der Waals surface area contributed by atoms with Crippen LogP contribution in [0.4, 0.5) is 0 Å². The zero-order valence-electron chi connectivity index (χ0n) is 12.3. The largest absolute Gasteiger partial charge is 0.396 e. The van der Waals surface area contributed by atoms with Crippen LogP contribution in [-0.2, 0) is 9.13 Å². The van der Waals surface area contributed by atoms with Crippen molar-refractivity contribution in [3.63, 3.8) is 0 Å². The molecule has 0 aliphatic heterocycles. The normalized spacial score (nSPS) is 18.8. The van der Waals surface area contributed by atoms with Gasteiger partial charge in [0.2, 0.25) is 0 Å². The van der Waals surface area contributed by atoms with Gasteiger partial charge in [-0.2, -0.15) is 0 Å². The first kappa shape index (κ1) is 21.6. The van der Waals surface area contributed by atoms with Crippen molar-refractivity contribution in [3.05, 3.63) is 0 Å². The van der Waals surface area contributed by atoms with Crippen LogP contribution in [0, 0.1) is 17.8 Å². The molecule has 0 rings (SSSR count). The highest BCUT2D eigenvalue weighted by atomic mass is 31.2. The molecule has 0 saturated heterocycles. The highest BCUT2D eigenvalue weighted by molar-refractivity contribution is 7.63. The summed E-state index contributed by atoms with van der Waals surface area (Å²) in [5.74, 6) is 0.0351. The van der Waals surface area contributed by atoms with E-state index < -0.39 is 7.14 Å². The quantitative estimate of drug-likeness (QED) is 0.555. The lowest BCUT2D eigenvalue weighted by molar-refractivity contribution is 0.240. The van der Waals surface area contributed by atoms with Gasteiger partial charge in [0.25, 0.3) is 0 Å². The van der Waals surface area contributed by atoms with Crippen molar-refractivity contribution in [3.8, 4) is 0 Å². The Bertz CT molecular complexity index is 224. The van der Waals surface area contributed by atoms with Crippen molar-refractivity contribution < 1.29 is 24.4 Å². The molecule has 0 aromatic carbocycles. The summed E-state index contributed by atoms with van der Waals surface area (Å²) in [6.07, 6.45) is 1.49. The molecule has 0 amide bonds. The van der Waals surface area contributed by atoms with E-state index in [1.165, 1.54) is 0 Å². The topological polar surface area (TPSA) is 94.8 Å². The van der Waals surface area contributed by atoms with Crippen molar-refractivity contribution in [2.75, 3.05) is 38.3 Å². The predicted octanol–water partition coefficient (Wildman–Crippen LogP) is 1.17. The van der Waals surface area contributed by atoms with E-state index in [-0.39, 0.29) is 37.6 Å². The van der Waals surface area contributed by atoms with Crippen molar-refractivity contribution >= 4 is 16.3 Å². The predicted molar refractivity (Wildman–Crippen MR) is 82.7 cm³/mol. The Kier molecular flexibility index (Phi) is 13.8. The molecule has 0 saturated carbocycles. The zero-order chi connectivity index (χ0) is 15.5. The van der Waals surface area contributed by atoms with Gasteiger partial charge in [-0.25, -0.2) is 0 Å². The van der Waals surface area contributed by atoms with Crippen molar-refractivity contribution in [1.29, 1.82) is 0 Å². The maximum Gasteiger partial charge on any atom is 0.0888 e. The van der Waals surface area contributed by atoms with E-state index in [9.17, 15) is 4.57 Å². The maximum absolute atomic E-state index is 12.8. The number of aliphatic hydroxyl groups is 3. The lowest BCUT2D eigenvalue weighted by atomic mass is 10.2. The van der Waals surface area contributed by atoms with E-state index in [4.69, 9.17) is 19.9 Å². The van der Waals surface area contributed by atoms with Crippen LogP contribution in [0.25, 0.3) is 0 Å². The summed E-state index contributed by atoms with van der Waals surface area (Å²) in [5, 5.41) is 27.2. The van der Waals surface area contributed by atoms with Crippen LogP contribution in [0.1, 0.15) is 20.8 Å². The third-order valence-electron chi connectivity index (χ3n) is 2.87. The molecule has 0 radical (unpaired) electrons.